The zero-order valence-corrected chi connectivity index (χ0v) is 14.1. The summed E-state index contributed by atoms with van der Waals surface area (Å²) in [4.78, 5) is 32.5. The number of amides is 2. The van der Waals surface area contributed by atoms with Gasteiger partial charge in [-0.2, -0.15) is 0 Å². The highest BCUT2D eigenvalue weighted by Crippen LogP contribution is 2.29. The minimum absolute atomic E-state index is 0.0131. The number of carbonyl (C=O) groups is 2. The van der Waals surface area contributed by atoms with Gasteiger partial charge in [0.2, 0.25) is 5.91 Å². The number of rotatable bonds is 4. The molecule has 1 aromatic rings. The van der Waals surface area contributed by atoms with E-state index in [4.69, 9.17) is 9.47 Å². The molecule has 1 fully saturated rings. The van der Waals surface area contributed by atoms with Crippen LogP contribution in [0.3, 0.4) is 0 Å². The number of hydrogen-bond donors (Lipinski definition) is 0. The average Bonchev–Trinajstić information content (AvgIpc) is 2.57. The van der Waals surface area contributed by atoms with Crippen molar-refractivity contribution >= 4 is 17.6 Å². The lowest BCUT2D eigenvalue weighted by Crippen LogP contribution is -2.54. The van der Waals surface area contributed by atoms with Crippen LogP contribution >= 0.6 is 0 Å². The molecule has 1 atom stereocenters. The van der Waals surface area contributed by atoms with Crippen LogP contribution in [-0.2, 0) is 14.3 Å². The molecular formula is C17H23N3O4. The molecule has 0 aliphatic carbocycles. The Balaban J connectivity index is 1.75. The van der Waals surface area contributed by atoms with Gasteiger partial charge < -0.3 is 14.4 Å². The van der Waals surface area contributed by atoms with E-state index in [1.165, 1.54) is 4.90 Å². The zero-order chi connectivity index (χ0) is 17.1. The predicted octanol–water partition coefficient (Wildman–Crippen LogP) is 1.08. The number of pyridine rings is 1. The van der Waals surface area contributed by atoms with Crippen molar-refractivity contribution in [3.05, 3.63) is 18.3 Å². The standard InChI is InChI=1S/C17H23N3O4/c1-12(2)8-13-10-23-7-6-19(13)15(21)9-20-16(22)11-24-14-4-3-5-18-17(14)20/h3-5,12-13H,6-11H2,1-2H3. The number of anilines is 1. The Kier molecular flexibility index (Phi) is 4.99. The van der Waals surface area contributed by atoms with Gasteiger partial charge in [0, 0.05) is 12.7 Å². The summed E-state index contributed by atoms with van der Waals surface area (Å²) in [5.74, 6) is 1.10. The van der Waals surface area contributed by atoms with Crippen molar-refractivity contribution in [3.63, 3.8) is 0 Å². The molecule has 2 aliphatic heterocycles. The summed E-state index contributed by atoms with van der Waals surface area (Å²) in [7, 11) is 0. The van der Waals surface area contributed by atoms with Crippen LogP contribution in [0.2, 0.25) is 0 Å². The van der Waals surface area contributed by atoms with Gasteiger partial charge in [0.25, 0.3) is 5.91 Å². The molecule has 7 nitrogen and oxygen atoms in total. The van der Waals surface area contributed by atoms with Gasteiger partial charge in [0.1, 0.15) is 6.54 Å². The van der Waals surface area contributed by atoms with Crippen LogP contribution in [0.15, 0.2) is 18.3 Å². The first kappa shape index (κ1) is 16.7. The van der Waals surface area contributed by atoms with Crippen molar-refractivity contribution in [1.82, 2.24) is 9.88 Å². The Bertz CT molecular complexity index is 620. The van der Waals surface area contributed by atoms with Crippen molar-refractivity contribution in [2.75, 3.05) is 37.8 Å². The van der Waals surface area contributed by atoms with Crippen LogP contribution in [0, 0.1) is 5.92 Å². The highest BCUT2D eigenvalue weighted by molar-refractivity contribution is 6.01. The third-order valence-corrected chi connectivity index (χ3v) is 4.24. The largest absolute Gasteiger partial charge is 0.480 e. The zero-order valence-electron chi connectivity index (χ0n) is 14.1. The molecule has 0 aromatic carbocycles. The van der Waals surface area contributed by atoms with Crippen molar-refractivity contribution in [3.8, 4) is 5.75 Å². The highest BCUT2D eigenvalue weighted by Gasteiger charge is 2.33. The van der Waals surface area contributed by atoms with Crippen molar-refractivity contribution < 1.29 is 19.1 Å². The number of fused-ring (bicyclic) bond motifs is 1. The summed E-state index contributed by atoms with van der Waals surface area (Å²) >= 11 is 0. The van der Waals surface area contributed by atoms with Crippen LogP contribution in [0.1, 0.15) is 20.3 Å². The Labute approximate surface area is 141 Å². The Morgan fingerprint density at radius 1 is 1.46 bits per heavy atom. The molecule has 7 heteroatoms. The first-order valence-corrected chi connectivity index (χ1v) is 8.31. The minimum Gasteiger partial charge on any atom is -0.480 e. The van der Waals surface area contributed by atoms with Crippen molar-refractivity contribution in [2.24, 2.45) is 5.92 Å². The molecule has 3 heterocycles. The number of morpholine rings is 1. The predicted molar refractivity (Wildman–Crippen MR) is 87.9 cm³/mol. The summed E-state index contributed by atoms with van der Waals surface area (Å²) in [6, 6.07) is 3.56. The van der Waals surface area contributed by atoms with Gasteiger partial charge in [0.15, 0.2) is 18.2 Å². The Morgan fingerprint density at radius 3 is 3.08 bits per heavy atom. The van der Waals surface area contributed by atoms with E-state index in [-0.39, 0.29) is 31.0 Å². The summed E-state index contributed by atoms with van der Waals surface area (Å²) in [5, 5.41) is 0. The summed E-state index contributed by atoms with van der Waals surface area (Å²) < 4.78 is 10.9. The molecule has 1 saturated heterocycles. The van der Waals surface area contributed by atoms with Gasteiger partial charge in [-0.3, -0.25) is 14.5 Å². The minimum atomic E-state index is -0.247. The number of ether oxygens (including phenoxy) is 2. The molecule has 3 rings (SSSR count). The maximum atomic E-state index is 12.8. The SMILES string of the molecule is CC(C)CC1COCCN1C(=O)CN1C(=O)COc2cccnc21. The van der Waals surface area contributed by atoms with Crippen LogP contribution in [0.5, 0.6) is 5.75 Å². The first-order chi connectivity index (χ1) is 11.6. The average molecular weight is 333 g/mol. The lowest BCUT2D eigenvalue weighted by atomic mass is 10.0. The highest BCUT2D eigenvalue weighted by atomic mass is 16.5. The van der Waals surface area contributed by atoms with E-state index in [1.54, 1.807) is 18.3 Å². The fourth-order valence-corrected chi connectivity index (χ4v) is 3.14. The van der Waals surface area contributed by atoms with Gasteiger partial charge >= 0.3 is 0 Å². The molecule has 24 heavy (non-hydrogen) atoms. The molecule has 0 saturated carbocycles. The fourth-order valence-electron chi connectivity index (χ4n) is 3.14. The molecule has 1 unspecified atom stereocenters. The second-order valence-corrected chi connectivity index (χ2v) is 6.54. The maximum Gasteiger partial charge on any atom is 0.266 e. The lowest BCUT2D eigenvalue weighted by molar-refractivity contribution is -0.140. The van der Waals surface area contributed by atoms with E-state index in [9.17, 15) is 9.59 Å². The third-order valence-electron chi connectivity index (χ3n) is 4.24. The summed E-state index contributed by atoms with van der Waals surface area (Å²) in [5.41, 5.74) is 0. The van der Waals surface area contributed by atoms with Gasteiger partial charge in [-0.1, -0.05) is 13.8 Å². The van der Waals surface area contributed by atoms with E-state index in [1.807, 2.05) is 4.90 Å². The monoisotopic (exact) mass is 333 g/mol. The Hall–Kier alpha value is -2.15. The van der Waals surface area contributed by atoms with Gasteiger partial charge in [0.05, 0.1) is 19.3 Å². The van der Waals surface area contributed by atoms with Crippen LogP contribution in [0.4, 0.5) is 5.82 Å². The first-order valence-electron chi connectivity index (χ1n) is 8.31. The fraction of sp³-hybridized carbons (Fsp3) is 0.588. The maximum absolute atomic E-state index is 12.8. The lowest BCUT2D eigenvalue weighted by Gasteiger charge is -2.38. The molecule has 0 bridgehead atoms. The van der Waals surface area contributed by atoms with Gasteiger partial charge in [-0.15, -0.1) is 0 Å². The van der Waals surface area contributed by atoms with E-state index in [2.05, 4.69) is 18.8 Å². The molecule has 0 N–H and O–H groups in total. The normalized spacial score (nSPS) is 20.8. The molecule has 0 radical (unpaired) electrons. The van der Waals surface area contributed by atoms with Crippen LogP contribution in [0.25, 0.3) is 0 Å². The number of aromatic nitrogens is 1. The van der Waals surface area contributed by atoms with E-state index >= 15 is 0 Å². The second kappa shape index (κ2) is 7.17. The summed E-state index contributed by atoms with van der Waals surface area (Å²) in [6.45, 7) is 5.82. The van der Waals surface area contributed by atoms with Crippen molar-refractivity contribution in [2.45, 2.75) is 26.3 Å². The van der Waals surface area contributed by atoms with Crippen molar-refractivity contribution in [1.29, 1.82) is 0 Å². The number of nitrogens with zero attached hydrogens (tertiary/aromatic N) is 3. The smallest absolute Gasteiger partial charge is 0.266 e. The van der Waals surface area contributed by atoms with Gasteiger partial charge in [-0.05, 0) is 24.5 Å². The van der Waals surface area contributed by atoms with E-state index in [0.29, 0.717) is 37.2 Å². The molecule has 0 spiro atoms. The van der Waals surface area contributed by atoms with Crippen LogP contribution < -0.4 is 9.64 Å². The number of hydrogen-bond acceptors (Lipinski definition) is 5. The molecule has 2 aliphatic rings. The topological polar surface area (TPSA) is 72.0 Å². The van der Waals surface area contributed by atoms with E-state index < -0.39 is 0 Å². The quantitative estimate of drug-likeness (QED) is 0.824. The summed E-state index contributed by atoms with van der Waals surface area (Å²) in [6.07, 6.45) is 2.48. The van der Waals surface area contributed by atoms with Crippen LogP contribution in [-0.4, -0.2) is 60.7 Å². The third kappa shape index (κ3) is 3.51. The molecule has 130 valence electrons. The second-order valence-electron chi connectivity index (χ2n) is 6.54. The number of carbonyl (C=O) groups excluding carboxylic acids is 2. The molecular weight excluding hydrogens is 310 g/mol. The molecule has 1 aromatic heterocycles. The van der Waals surface area contributed by atoms with E-state index in [0.717, 1.165) is 6.42 Å². The Morgan fingerprint density at radius 2 is 2.29 bits per heavy atom. The molecule has 2 amide bonds. The van der Waals surface area contributed by atoms with Gasteiger partial charge in [-0.25, -0.2) is 4.98 Å².